The molecule has 6 heteroatoms. The summed E-state index contributed by atoms with van der Waals surface area (Å²) in [5.74, 6) is 1.80. The highest BCUT2D eigenvalue weighted by molar-refractivity contribution is 5.67. The van der Waals surface area contributed by atoms with Gasteiger partial charge in [0.1, 0.15) is 12.2 Å². The van der Waals surface area contributed by atoms with Crippen molar-refractivity contribution >= 4 is 17.9 Å². The van der Waals surface area contributed by atoms with Crippen molar-refractivity contribution in [1.29, 1.82) is 0 Å². The third-order valence-corrected chi connectivity index (χ3v) is 10.1. The second kappa shape index (κ2) is 9.31. The Hall–Kier alpha value is -1.85. The second-order valence-corrected chi connectivity index (χ2v) is 11.9. The molecule has 0 N–H and O–H groups in total. The number of fused-ring (bicyclic) bond motifs is 5. The highest BCUT2D eigenvalue weighted by atomic mass is 16.6. The summed E-state index contributed by atoms with van der Waals surface area (Å²) < 4.78 is 16.9. The Morgan fingerprint density at radius 2 is 1.71 bits per heavy atom. The van der Waals surface area contributed by atoms with Crippen LogP contribution >= 0.6 is 0 Å². The minimum atomic E-state index is -0.280. The fourth-order valence-corrected chi connectivity index (χ4v) is 8.69. The summed E-state index contributed by atoms with van der Waals surface area (Å²) in [6.07, 6.45) is 8.88. The van der Waals surface area contributed by atoms with Gasteiger partial charge in [-0.1, -0.05) is 32.4 Å². The Morgan fingerprint density at radius 3 is 2.35 bits per heavy atom. The summed E-state index contributed by atoms with van der Waals surface area (Å²) in [5, 5.41) is 0. The van der Waals surface area contributed by atoms with Crippen molar-refractivity contribution in [2.45, 2.75) is 98.7 Å². The van der Waals surface area contributed by atoms with Crippen LogP contribution in [0.2, 0.25) is 0 Å². The van der Waals surface area contributed by atoms with Crippen molar-refractivity contribution in [2.75, 3.05) is 6.61 Å². The molecule has 3 fully saturated rings. The highest BCUT2D eigenvalue weighted by Gasteiger charge is 2.62. The Bertz CT molecular complexity index is 863. The normalized spacial score (nSPS) is 41.8. The second-order valence-electron chi connectivity index (χ2n) is 11.9. The van der Waals surface area contributed by atoms with Crippen LogP contribution < -0.4 is 0 Å². The molecule has 0 amide bonds. The Labute approximate surface area is 204 Å². The number of hydrogen-bond donors (Lipinski definition) is 0. The number of carbonyl (C=O) groups excluding carboxylic acids is 3. The van der Waals surface area contributed by atoms with E-state index in [1.54, 1.807) is 0 Å². The van der Waals surface area contributed by atoms with Crippen LogP contribution in [0.3, 0.4) is 0 Å². The molecule has 0 spiro atoms. The van der Waals surface area contributed by atoms with Crippen molar-refractivity contribution in [3.8, 4) is 0 Å². The first-order valence-corrected chi connectivity index (χ1v) is 13.1. The minimum absolute atomic E-state index is 0.200. The minimum Gasteiger partial charge on any atom is -0.466 e. The van der Waals surface area contributed by atoms with Gasteiger partial charge in [-0.05, 0) is 67.1 Å². The smallest absolute Gasteiger partial charge is 0.302 e. The van der Waals surface area contributed by atoms with Gasteiger partial charge in [-0.15, -0.1) is 0 Å². The molecule has 6 nitrogen and oxygen atoms in total. The van der Waals surface area contributed by atoms with Crippen LogP contribution in [0.25, 0.3) is 0 Å². The maximum Gasteiger partial charge on any atom is 0.302 e. The molecule has 34 heavy (non-hydrogen) atoms. The van der Waals surface area contributed by atoms with Crippen molar-refractivity contribution in [3.63, 3.8) is 0 Å². The maximum atomic E-state index is 12.1. The largest absolute Gasteiger partial charge is 0.466 e. The van der Waals surface area contributed by atoms with E-state index < -0.39 is 0 Å². The van der Waals surface area contributed by atoms with E-state index in [0.29, 0.717) is 42.6 Å². The summed E-state index contributed by atoms with van der Waals surface area (Å²) in [7, 11) is 0. The summed E-state index contributed by atoms with van der Waals surface area (Å²) in [5.41, 5.74) is 1.33. The number of allylic oxidation sites excluding steroid dienone is 1. The first-order valence-electron chi connectivity index (χ1n) is 13.1. The van der Waals surface area contributed by atoms with Gasteiger partial charge in [-0.3, -0.25) is 14.4 Å². The molecule has 0 aromatic rings. The van der Waals surface area contributed by atoms with Gasteiger partial charge >= 0.3 is 17.9 Å². The van der Waals surface area contributed by atoms with Crippen LogP contribution in [0.5, 0.6) is 0 Å². The van der Waals surface area contributed by atoms with E-state index in [9.17, 15) is 14.4 Å². The Morgan fingerprint density at radius 1 is 1.00 bits per heavy atom. The lowest BCUT2D eigenvalue weighted by molar-refractivity contribution is -0.172. The number of esters is 3. The summed E-state index contributed by atoms with van der Waals surface area (Å²) in [6, 6.07) is 0. The molecule has 4 aliphatic rings. The zero-order valence-electron chi connectivity index (χ0n) is 21.7. The average Bonchev–Trinajstić information content (AvgIpc) is 3.09. The van der Waals surface area contributed by atoms with Crippen molar-refractivity contribution in [1.82, 2.24) is 0 Å². The zero-order chi connectivity index (χ0) is 24.8. The summed E-state index contributed by atoms with van der Waals surface area (Å²) in [4.78, 5) is 35.1. The topological polar surface area (TPSA) is 78.9 Å². The van der Waals surface area contributed by atoms with Crippen LogP contribution in [0.15, 0.2) is 11.6 Å². The van der Waals surface area contributed by atoms with Gasteiger partial charge in [0.05, 0.1) is 6.61 Å². The molecule has 0 aromatic heterocycles. The van der Waals surface area contributed by atoms with E-state index in [-0.39, 0.29) is 40.9 Å². The number of hydrogen-bond acceptors (Lipinski definition) is 6. The number of carbonyl (C=O) groups is 3. The van der Waals surface area contributed by atoms with Crippen LogP contribution in [-0.4, -0.2) is 36.7 Å². The van der Waals surface area contributed by atoms with E-state index in [2.05, 4.69) is 26.8 Å². The van der Waals surface area contributed by atoms with E-state index in [0.717, 1.165) is 25.7 Å². The molecule has 0 aliphatic heterocycles. The van der Waals surface area contributed by atoms with Crippen LogP contribution in [-0.2, 0) is 28.6 Å². The number of rotatable bonds is 5. The lowest BCUT2D eigenvalue weighted by atomic mass is 9.46. The monoisotopic (exact) mass is 474 g/mol. The zero-order valence-corrected chi connectivity index (χ0v) is 21.7. The maximum absolute atomic E-state index is 12.1. The Balaban J connectivity index is 1.60. The molecule has 4 aliphatic carbocycles. The lowest BCUT2D eigenvalue weighted by Crippen LogP contribution is -2.57. The van der Waals surface area contributed by atoms with Gasteiger partial charge in [0, 0.05) is 39.0 Å². The number of ether oxygens (including phenoxy) is 3. The molecule has 0 aromatic carbocycles. The molecule has 0 radical (unpaired) electrons. The molecular formula is C28H42O6. The molecule has 0 bridgehead atoms. The predicted octanol–water partition coefficient (Wildman–Crippen LogP) is 5.24. The predicted molar refractivity (Wildman–Crippen MR) is 127 cm³/mol. The fraction of sp³-hybridized carbons (Fsp3) is 0.821. The highest BCUT2D eigenvalue weighted by Crippen LogP contribution is 2.67. The molecule has 9 atom stereocenters. The van der Waals surface area contributed by atoms with Gasteiger partial charge in [0.15, 0.2) is 0 Å². The van der Waals surface area contributed by atoms with E-state index >= 15 is 0 Å². The average molecular weight is 475 g/mol. The van der Waals surface area contributed by atoms with Crippen molar-refractivity contribution < 1.29 is 28.6 Å². The molecule has 190 valence electrons. The third kappa shape index (κ3) is 4.30. The molecule has 4 rings (SSSR count). The van der Waals surface area contributed by atoms with Gasteiger partial charge in [0.2, 0.25) is 0 Å². The Kier molecular flexibility index (Phi) is 6.91. The van der Waals surface area contributed by atoms with E-state index in [1.807, 2.05) is 0 Å². The molecule has 0 heterocycles. The van der Waals surface area contributed by atoms with Crippen LogP contribution in [0, 0.1) is 40.4 Å². The first-order chi connectivity index (χ1) is 16.0. The lowest BCUT2D eigenvalue weighted by Gasteiger charge is -2.60. The van der Waals surface area contributed by atoms with Crippen molar-refractivity contribution in [3.05, 3.63) is 11.6 Å². The van der Waals surface area contributed by atoms with Gasteiger partial charge in [0.25, 0.3) is 0 Å². The quantitative estimate of drug-likeness (QED) is 0.308. The van der Waals surface area contributed by atoms with Gasteiger partial charge in [-0.2, -0.15) is 0 Å². The molecule has 3 saturated carbocycles. The van der Waals surface area contributed by atoms with Crippen LogP contribution in [0.4, 0.5) is 0 Å². The fourth-order valence-electron chi connectivity index (χ4n) is 8.69. The molecule has 0 saturated heterocycles. The molecule has 0 unspecified atom stereocenters. The van der Waals surface area contributed by atoms with Gasteiger partial charge < -0.3 is 14.2 Å². The van der Waals surface area contributed by atoms with Crippen molar-refractivity contribution in [2.24, 2.45) is 40.4 Å². The summed E-state index contributed by atoms with van der Waals surface area (Å²) >= 11 is 0. The standard InChI is InChI=1S/C28H42O6/c1-16(15-32-17(2)29)23-9-10-24-22-8-7-20-13-21(33-18(3)30)14-26(34-19(4)31)28(20,6)25(22)11-12-27(23,24)5/h7,16,21-26H,8-15H2,1-6H3/t16-,21-,22+,23-,24+,25+,26+,27-,28+/m1/s1. The molecular weight excluding hydrogens is 432 g/mol. The van der Waals surface area contributed by atoms with Crippen LogP contribution in [0.1, 0.15) is 86.5 Å². The third-order valence-electron chi connectivity index (χ3n) is 10.1. The van der Waals surface area contributed by atoms with E-state index in [4.69, 9.17) is 14.2 Å². The van der Waals surface area contributed by atoms with E-state index in [1.165, 1.54) is 39.2 Å². The summed E-state index contributed by atoms with van der Waals surface area (Å²) in [6.45, 7) is 11.9. The first kappa shape index (κ1) is 25.2. The SMILES string of the molecule is CC(=O)OC[C@@H](C)[C@H]1CC[C@H]2[C@@H]3CC=C4C[C@@H](OC(C)=O)C[C@H](OC(C)=O)[C@]4(C)[C@H]3CC[C@]12C. The van der Waals surface area contributed by atoms with Gasteiger partial charge in [-0.25, -0.2) is 0 Å².